The Labute approximate surface area is 178 Å². The van der Waals surface area contributed by atoms with E-state index in [-0.39, 0.29) is 10.8 Å². The Bertz CT molecular complexity index is 1100. The van der Waals surface area contributed by atoms with E-state index < -0.39 is 10.0 Å². The second-order valence-corrected chi connectivity index (χ2v) is 11.1. The van der Waals surface area contributed by atoms with Crippen molar-refractivity contribution >= 4 is 49.8 Å². The van der Waals surface area contributed by atoms with Crippen molar-refractivity contribution in [1.29, 1.82) is 0 Å². The van der Waals surface area contributed by atoms with E-state index in [0.29, 0.717) is 21.6 Å². The summed E-state index contributed by atoms with van der Waals surface area (Å²) < 4.78 is 27.5. The Hall–Kier alpha value is -2.43. The van der Waals surface area contributed by atoms with Crippen LogP contribution < -0.4 is 9.62 Å². The first-order valence-electron chi connectivity index (χ1n) is 8.73. The first-order valence-corrected chi connectivity index (χ1v) is 11.9. The molecule has 0 unspecified atom stereocenters. The minimum Gasteiger partial charge on any atom is -0.296 e. The molecule has 2 aromatic carbocycles. The van der Waals surface area contributed by atoms with Crippen molar-refractivity contribution in [3.63, 3.8) is 0 Å². The number of nitrogens with one attached hydrogen (secondary N) is 1. The van der Waals surface area contributed by atoms with E-state index in [0.717, 1.165) is 8.64 Å². The lowest BCUT2D eigenvalue weighted by Crippen LogP contribution is -2.26. The molecule has 10 heteroatoms. The molecular formula is C19H20N4O3S3. The van der Waals surface area contributed by atoms with Crippen LogP contribution in [0.2, 0.25) is 0 Å². The number of nitrogens with zero attached hydrogens (tertiary/aromatic N) is 3. The van der Waals surface area contributed by atoms with Crippen LogP contribution in [0.3, 0.4) is 0 Å². The number of amides is 1. The molecule has 1 N–H and O–H groups in total. The molecule has 7 nitrogen and oxygen atoms in total. The van der Waals surface area contributed by atoms with Gasteiger partial charge in [0.1, 0.15) is 0 Å². The standard InChI is InChI=1S/C19H20N4O3S3/c1-13(2)27-19-22-21-18(28-19)20-17(24)14-8-7-9-15(12-14)23(3)29(25,26)16-10-5-4-6-11-16/h4-13H,1-3H3,(H,20,21,24). The zero-order chi connectivity index (χ0) is 21.0. The van der Waals surface area contributed by atoms with Crippen LogP contribution in [-0.2, 0) is 10.0 Å². The van der Waals surface area contributed by atoms with Crippen molar-refractivity contribution in [2.24, 2.45) is 0 Å². The molecule has 0 aliphatic carbocycles. The van der Waals surface area contributed by atoms with Crippen molar-refractivity contribution < 1.29 is 13.2 Å². The molecule has 0 fully saturated rings. The molecule has 1 amide bonds. The van der Waals surface area contributed by atoms with Gasteiger partial charge in [-0.3, -0.25) is 14.4 Å². The molecule has 0 bridgehead atoms. The quantitative estimate of drug-likeness (QED) is 0.432. The van der Waals surface area contributed by atoms with Crippen LogP contribution in [0.4, 0.5) is 10.8 Å². The van der Waals surface area contributed by atoms with Gasteiger partial charge in [0.2, 0.25) is 5.13 Å². The zero-order valence-electron chi connectivity index (χ0n) is 16.1. The number of benzene rings is 2. The molecule has 0 aliphatic heterocycles. The summed E-state index contributed by atoms with van der Waals surface area (Å²) in [7, 11) is -2.27. The smallest absolute Gasteiger partial charge is 0.264 e. The molecule has 0 radical (unpaired) electrons. The molecular weight excluding hydrogens is 428 g/mol. The summed E-state index contributed by atoms with van der Waals surface area (Å²) in [5.41, 5.74) is 0.709. The number of aromatic nitrogens is 2. The highest BCUT2D eigenvalue weighted by molar-refractivity contribution is 8.01. The number of carbonyl (C=O) groups is 1. The van der Waals surface area contributed by atoms with E-state index in [9.17, 15) is 13.2 Å². The Balaban J connectivity index is 1.78. The van der Waals surface area contributed by atoms with Crippen LogP contribution in [0.5, 0.6) is 0 Å². The van der Waals surface area contributed by atoms with Crippen molar-refractivity contribution in [3.05, 3.63) is 60.2 Å². The molecule has 3 rings (SSSR count). The fraction of sp³-hybridized carbons (Fsp3) is 0.211. The Morgan fingerprint density at radius 1 is 1.10 bits per heavy atom. The second-order valence-electron chi connectivity index (χ2n) is 6.33. The minimum atomic E-state index is -3.72. The largest absolute Gasteiger partial charge is 0.296 e. The van der Waals surface area contributed by atoms with Crippen LogP contribution in [-0.4, -0.2) is 36.8 Å². The molecule has 1 heterocycles. The second kappa shape index (κ2) is 8.93. The normalized spacial score (nSPS) is 11.4. The van der Waals surface area contributed by atoms with Crippen molar-refractivity contribution in [3.8, 4) is 0 Å². The zero-order valence-corrected chi connectivity index (χ0v) is 18.5. The minimum absolute atomic E-state index is 0.182. The van der Waals surface area contributed by atoms with E-state index >= 15 is 0 Å². The van der Waals surface area contributed by atoms with Crippen LogP contribution in [0, 0.1) is 0 Å². The lowest BCUT2D eigenvalue weighted by atomic mass is 10.2. The molecule has 29 heavy (non-hydrogen) atoms. The summed E-state index contributed by atoms with van der Waals surface area (Å²) in [6, 6.07) is 14.6. The lowest BCUT2D eigenvalue weighted by Gasteiger charge is -2.20. The van der Waals surface area contributed by atoms with Crippen molar-refractivity contribution in [1.82, 2.24) is 10.2 Å². The molecule has 0 atom stereocenters. The molecule has 3 aromatic rings. The summed E-state index contributed by atoms with van der Waals surface area (Å²) >= 11 is 2.87. The predicted octanol–water partition coefficient (Wildman–Crippen LogP) is 4.12. The fourth-order valence-electron chi connectivity index (χ4n) is 2.41. The molecule has 0 saturated heterocycles. The Kier molecular flexibility index (Phi) is 6.56. The van der Waals surface area contributed by atoms with E-state index in [1.54, 1.807) is 48.2 Å². The van der Waals surface area contributed by atoms with Gasteiger partial charge in [0.25, 0.3) is 15.9 Å². The van der Waals surface area contributed by atoms with Crippen LogP contribution in [0.15, 0.2) is 63.8 Å². The van der Waals surface area contributed by atoms with Crippen LogP contribution >= 0.6 is 23.1 Å². The Morgan fingerprint density at radius 3 is 2.52 bits per heavy atom. The molecule has 152 valence electrons. The Morgan fingerprint density at radius 2 is 1.83 bits per heavy atom. The summed E-state index contributed by atoms with van der Waals surface area (Å²) in [5, 5.41) is 11.5. The number of thioether (sulfide) groups is 1. The van der Waals surface area contributed by atoms with Crippen molar-refractivity contribution in [2.45, 2.75) is 28.3 Å². The average Bonchev–Trinajstić information content (AvgIpc) is 3.14. The van der Waals surface area contributed by atoms with Crippen LogP contribution in [0.1, 0.15) is 24.2 Å². The highest BCUT2D eigenvalue weighted by Crippen LogP contribution is 2.29. The van der Waals surface area contributed by atoms with Gasteiger partial charge in [-0.1, -0.05) is 61.2 Å². The maximum atomic E-state index is 12.8. The molecule has 0 saturated carbocycles. The van der Waals surface area contributed by atoms with Crippen molar-refractivity contribution in [2.75, 3.05) is 16.7 Å². The van der Waals surface area contributed by atoms with Gasteiger partial charge in [-0.2, -0.15) is 0 Å². The van der Waals surface area contributed by atoms with Crippen LogP contribution in [0.25, 0.3) is 0 Å². The van der Waals surface area contributed by atoms with E-state index in [1.807, 2.05) is 0 Å². The number of hydrogen-bond donors (Lipinski definition) is 1. The monoisotopic (exact) mass is 448 g/mol. The highest BCUT2D eigenvalue weighted by Gasteiger charge is 2.22. The average molecular weight is 449 g/mol. The predicted molar refractivity (Wildman–Crippen MR) is 117 cm³/mol. The van der Waals surface area contributed by atoms with E-state index in [1.165, 1.54) is 36.6 Å². The summed E-state index contributed by atoms with van der Waals surface area (Å²) in [6.45, 7) is 4.10. The molecule has 0 spiro atoms. The van der Waals surface area contributed by atoms with Gasteiger partial charge in [0, 0.05) is 17.9 Å². The van der Waals surface area contributed by atoms with Gasteiger partial charge < -0.3 is 0 Å². The van der Waals surface area contributed by atoms with Gasteiger partial charge in [-0.15, -0.1) is 10.2 Å². The third-order valence-electron chi connectivity index (χ3n) is 3.84. The number of anilines is 2. The van der Waals surface area contributed by atoms with Gasteiger partial charge in [0.05, 0.1) is 10.6 Å². The lowest BCUT2D eigenvalue weighted by molar-refractivity contribution is 0.102. The van der Waals surface area contributed by atoms with Gasteiger partial charge in [-0.05, 0) is 30.3 Å². The van der Waals surface area contributed by atoms with Gasteiger partial charge >= 0.3 is 0 Å². The third kappa shape index (κ3) is 5.14. The SMILES string of the molecule is CC(C)Sc1nnc(NC(=O)c2cccc(N(C)S(=O)(=O)c3ccccc3)c2)s1. The summed E-state index contributed by atoms with van der Waals surface area (Å²) in [4.78, 5) is 12.8. The number of carbonyl (C=O) groups excluding carboxylic acids is 1. The highest BCUT2D eigenvalue weighted by atomic mass is 32.2. The summed E-state index contributed by atoms with van der Waals surface area (Å²) in [6.07, 6.45) is 0. The third-order valence-corrected chi connectivity index (χ3v) is 7.56. The first kappa shape index (κ1) is 21.3. The summed E-state index contributed by atoms with van der Waals surface area (Å²) in [5.74, 6) is -0.380. The maximum Gasteiger partial charge on any atom is 0.264 e. The topological polar surface area (TPSA) is 92.3 Å². The molecule has 1 aromatic heterocycles. The van der Waals surface area contributed by atoms with Gasteiger partial charge in [0.15, 0.2) is 4.34 Å². The number of hydrogen-bond acceptors (Lipinski definition) is 7. The molecule has 0 aliphatic rings. The fourth-order valence-corrected chi connectivity index (χ4v) is 5.59. The maximum absolute atomic E-state index is 12.8. The van der Waals surface area contributed by atoms with Gasteiger partial charge in [-0.25, -0.2) is 8.42 Å². The number of sulfonamides is 1. The van der Waals surface area contributed by atoms with E-state index in [4.69, 9.17) is 0 Å². The van der Waals surface area contributed by atoms with E-state index in [2.05, 4.69) is 29.4 Å². The number of rotatable bonds is 7. The first-order chi connectivity index (χ1) is 13.8.